The molecule has 0 aliphatic carbocycles. The standard InChI is InChI=1S/C15H15IN4O2/c16-12-3-1-2-11(8-12)14(21)19-13-9-17-15(18-10-13)20-4-6-22-7-5-20/h1-3,8-10H,4-7H2,(H,19,21). The highest BCUT2D eigenvalue weighted by molar-refractivity contribution is 14.1. The first-order valence-electron chi connectivity index (χ1n) is 6.94. The lowest BCUT2D eigenvalue weighted by Gasteiger charge is -2.26. The molecule has 0 saturated carbocycles. The third-order valence-electron chi connectivity index (χ3n) is 3.28. The SMILES string of the molecule is O=C(Nc1cnc(N2CCOCC2)nc1)c1cccc(I)c1. The first-order valence-corrected chi connectivity index (χ1v) is 8.02. The van der Waals surface area contributed by atoms with Crippen LogP contribution in [0, 0.1) is 3.57 Å². The highest BCUT2D eigenvalue weighted by Gasteiger charge is 2.14. The van der Waals surface area contributed by atoms with E-state index in [1.165, 1.54) is 0 Å². The summed E-state index contributed by atoms with van der Waals surface area (Å²) in [6, 6.07) is 7.41. The maximum atomic E-state index is 12.2. The van der Waals surface area contributed by atoms with Crippen LogP contribution in [0.2, 0.25) is 0 Å². The molecule has 3 rings (SSSR count). The van der Waals surface area contributed by atoms with Crippen molar-refractivity contribution in [2.45, 2.75) is 0 Å². The highest BCUT2D eigenvalue weighted by Crippen LogP contribution is 2.14. The van der Waals surface area contributed by atoms with Crippen LogP contribution in [0.1, 0.15) is 10.4 Å². The molecule has 6 nitrogen and oxygen atoms in total. The van der Waals surface area contributed by atoms with Crippen molar-refractivity contribution in [2.75, 3.05) is 36.5 Å². The second-order valence-electron chi connectivity index (χ2n) is 4.84. The lowest BCUT2D eigenvalue weighted by Crippen LogP contribution is -2.37. The van der Waals surface area contributed by atoms with Gasteiger partial charge in [0, 0.05) is 22.2 Å². The average molecular weight is 410 g/mol. The minimum Gasteiger partial charge on any atom is -0.378 e. The fourth-order valence-electron chi connectivity index (χ4n) is 2.15. The van der Waals surface area contributed by atoms with Crippen molar-refractivity contribution in [3.63, 3.8) is 0 Å². The zero-order valence-electron chi connectivity index (χ0n) is 11.8. The molecule has 1 aliphatic heterocycles. The third-order valence-corrected chi connectivity index (χ3v) is 3.95. The number of anilines is 2. The predicted molar refractivity (Wildman–Crippen MR) is 92.2 cm³/mol. The van der Waals surface area contributed by atoms with E-state index < -0.39 is 0 Å². The summed E-state index contributed by atoms with van der Waals surface area (Å²) in [6.07, 6.45) is 3.26. The number of aromatic nitrogens is 2. The Balaban J connectivity index is 1.66. The Kier molecular flexibility index (Phi) is 4.84. The number of amides is 1. The van der Waals surface area contributed by atoms with Crippen LogP contribution in [0.25, 0.3) is 0 Å². The van der Waals surface area contributed by atoms with Gasteiger partial charge in [0.1, 0.15) is 0 Å². The Morgan fingerprint density at radius 2 is 1.95 bits per heavy atom. The van der Waals surface area contributed by atoms with E-state index in [0.29, 0.717) is 30.4 Å². The van der Waals surface area contributed by atoms with Crippen LogP contribution in [0.5, 0.6) is 0 Å². The van der Waals surface area contributed by atoms with Gasteiger partial charge in [-0.25, -0.2) is 9.97 Å². The fourth-order valence-corrected chi connectivity index (χ4v) is 2.69. The Labute approximate surface area is 142 Å². The van der Waals surface area contributed by atoms with Gasteiger partial charge in [-0.3, -0.25) is 4.79 Å². The van der Waals surface area contributed by atoms with Gasteiger partial charge in [-0.1, -0.05) is 6.07 Å². The van der Waals surface area contributed by atoms with E-state index in [1.54, 1.807) is 18.5 Å². The van der Waals surface area contributed by atoms with Gasteiger partial charge < -0.3 is 15.0 Å². The summed E-state index contributed by atoms with van der Waals surface area (Å²) in [4.78, 5) is 22.8. The fraction of sp³-hybridized carbons (Fsp3) is 0.267. The van der Waals surface area contributed by atoms with Crippen molar-refractivity contribution in [1.29, 1.82) is 0 Å². The minimum absolute atomic E-state index is 0.166. The Morgan fingerprint density at radius 3 is 2.64 bits per heavy atom. The summed E-state index contributed by atoms with van der Waals surface area (Å²) >= 11 is 2.18. The van der Waals surface area contributed by atoms with Crippen molar-refractivity contribution in [2.24, 2.45) is 0 Å². The summed E-state index contributed by atoms with van der Waals surface area (Å²) in [5.41, 5.74) is 1.20. The summed E-state index contributed by atoms with van der Waals surface area (Å²) < 4.78 is 6.32. The zero-order chi connectivity index (χ0) is 15.4. The molecule has 2 heterocycles. The summed E-state index contributed by atoms with van der Waals surface area (Å²) in [6.45, 7) is 2.95. The van der Waals surface area contributed by atoms with Crippen LogP contribution in [-0.4, -0.2) is 42.2 Å². The number of nitrogens with one attached hydrogen (secondary N) is 1. The molecule has 1 fully saturated rings. The van der Waals surface area contributed by atoms with Crippen molar-refractivity contribution < 1.29 is 9.53 Å². The van der Waals surface area contributed by atoms with Crippen molar-refractivity contribution in [1.82, 2.24) is 9.97 Å². The molecule has 1 amide bonds. The van der Waals surface area contributed by atoms with E-state index in [9.17, 15) is 4.79 Å². The molecule has 0 spiro atoms. The second kappa shape index (κ2) is 7.01. The van der Waals surface area contributed by atoms with E-state index in [-0.39, 0.29) is 5.91 Å². The molecular formula is C15H15IN4O2. The number of halogens is 1. The van der Waals surface area contributed by atoms with Gasteiger partial charge in [-0.05, 0) is 40.8 Å². The number of carbonyl (C=O) groups excluding carboxylic acids is 1. The van der Waals surface area contributed by atoms with Gasteiger partial charge >= 0.3 is 0 Å². The number of morpholine rings is 1. The molecule has 7 heteroatoms. The molecule has 1 aliphatic rings. The topological polar surface area (TPSA) is 67.4 Å². The molecule has 0 unspecified atom stereocenters. The van der Waals surface area contributed by atoms with Crippen LogP contribution >= 0.6 is 22.6 Å². The van der Waals surface area contributed by atoms with Crippen molar-refractivity contribution in [3.05, 3.63) is 45.8 Å². The van der Waals surface area contributed by atoms with Gasteiger partial charge in [0.2, 0.25) is 5.95 Å². The molecular weight excluding hydrogens is 395 g/mol. The van der Waals surface area contributed by atoms with Crippen molar-refractivity contribution >= 4 is 40.1 Å². The van der Waals surface area contributed by atoms with E-state index in [1.807, 2.05) is 18.2 Å². The maximum Gasteiger partial charge on any atom is 0.255 e. The lowest BCUT2D eigenvalue weighted by molar-refractivity contribution is 0.102. The Hall–Kier alpha value is -1.74. The van der Waals surface area contributed by atoms with Gasteiger partial charge in [0.15, 0.2) is 0 Å². The largest absolute Gasteiger partial charge is 0.378 e. The molecule has 2 aromatic rings. The normalized spacial score (nSPS) is 14.7. The van der Waals surface area contributed by atoms with Crippen LogP contribution in [0.15, 0.2) is 36.7 Å². The summed E-state index contributed by atoms with van der Waals surface area (Å²) in [7, 11) is 0. The monoisotopic (exact) mass is 410 g/mol. The predicted octanol–water partition coefficient (Wildman–Crippen LogP) is 2.17. The van der Waals surface area contributed by atoms with Crippen LogP contribution < -0.4 is 10.2 Å². The van der Waals surface area contributed by atoms with Crippen molar-refractivity contribution in [3.8, 4) is 0 Å². The van der Waals surface area contributed by atoms with E-state index in [0.717, 1.165) is 16.7 Å². The number of rotatable bonds is 3. The zero-order valence-corrected chi connectivity index (χ0v) is 14.0. The number of carbonyl (C=O) groups is 1. The molecule has 1 N–H and O–H groups in total. The van der Waals surface area contributed by atoms with Gasteiger partial charge in [-0.15, -0.1) is 0 Å². The van der Waals surface area contributed by atoms with Gasteiger partial charge in [0.25, 0.3) is 5.91 Å². The van der Waals surface area contributed by atoms with E-state index in [4.69, 9.17) is 4.74 Å². The first kappa shape index (κ1) is 15.2. The number of nitrogens with zero attached hydrogens (tertiary/aromatic N) is 3. The van der Waals surface area contributed by atoms with Gasteiger partial charge in [0.05, 0.1) is 31.3 Å². The summed E-state index contributed by atoms with van der Waals surface area (Å²) in [5.74, 6) is 0.497. The van der Waals surface area contributed by atoms with E-state index in [2.05, 4.69) is 42.8 Å². The number of hydrogen-bond donors (Lipinski definition) is 1. The molecule has 1 aromatic carbocycles. The number of ether oxygens (including phenoxy) is 1. The molecule has 114 valence electrons. The third kappa shape index (κ3) is 3.72. The van der Waals surface area contributed by atoms with E-state index >= 15 is 0 Å². The number of hydrogen-bond acceptors (Lipinski definition) is 5. The second-order valence-corrected chi connectivity index (χ2v) is 6.08. The van der Waals surface area contributed by atoms with Crippen LogP contribution in [-0.2, 0) is 4.74 Å². The molecule has 0 radical (unpaired) electrons. The average Bonchev–Trinajstić information content (AvgIpc) is 2.56. The maximum absolute atomic E-state index is 12.2. The number of benzene rings is 1. The molecule has 0 atom stereocenters. The highest BCUT2D eigenvalue weighted by atomic mass is 127. The smallest absolute Gasteiger partial charge is 0.255 e. The van der Waals surface area contributed by atoms with Crippen LogP contribution in [0.3, 0.4) is 0 Å². The summed E-state index contributed by atoms with van der Waals surface area (Å²) in [5, 5.41) is 2.81. The Bertz CT molecular complexity index is 657. The molecule has 1 saturated heterocycles. The quantitative estimate of drug-likeness (QED) is 0.786. The Morgan fingerprint density at radius 1 is 1.23 bits per heavy atom. The first-order chi connectivity index (χ1) is 10.7. The van der Waals surface area contributed by atoms with Gasteiger partial charge in [-0.2, -0.15) is 0 Å². The van der Waals surface area contributed by atoms with Crippen LogP contribution in [0.4, 0.5) is 11.6 Å². The molecule has 22 heavy (non-hydrogen) atoms. The molecule has 0 bridgehead atoms. The minimum atomic E-state index is -0.166. The molecule has 1 aromatic heterocycles. The lowest BCUT2D eigenvalue weighted by atomic mass is 10.2.